The molecule has 0 amide bonds. The molecular formula is C15H22N4. The van der Waals surface area contributed by atoms with Crippen molar-refractivity contribution in [3.63, 3.8) is 0 Å². The lowest BCUT2D eigenvalue weighted by Gasteiger charge is -2.14. The van der Waals surface area contributed by atoms with Crippen LogP contribution in [0.25, 0.3) is 0 Å². The fraction of sp³-hybridized carbons (Fsp3) is 0.467. The van der Waals surface area contributed by atoms with E-state index in [1.165, 1.54) is 16.7 Å². The van der Waals surface area contributed by atoms with Gasteiger partial charge in [0.15, 0.2) is 0 Å². The predicted octanol–water partition coefficient (Wildman–Crippen LogP) is 2.55. The van der Waals surface area contributed by atoms with E-state index in [1.807, 2.05) is 4.68 Å². The highest BCUT2D eigenvalue weighted by molar-refractivity contribution is 5.30. The van der Waals surface area contributed by atoms with Gasteiger partial charge in [-0.1, -0.05) is 36.2 Å². The van der Waals surface area contributed by atoms with Gasteiger partial charge in [0.05, 0.1) is 0 Å². The molecule has 0 spiro atoms. The van der Waals surface area contributed by atoms with Crippen LogP contribution in [0.1, 0.15) is 41.9 Å². The number of aryl methyl sites for hydroxylation is 3. The summed E-state index contributed by atoms with van der Waals surface area (Å²) in [4.78, 5) is 4.32. The Kier molecular flexibility index (Phi) is 4.32. The molecule has 102 valence electrons. The molecule has 0 fully saturated rings. The topological polar surface area (TPSA) is 56.7 Å². The number of benzene rings is 1. The highest BCUT2D eigenvalue weighted by atomic mass is 15.3. The average Bonchev–Trinajstić information content (AvgIpc) is 2.76. The van der Waals surface area contributed by atoms with Gasteiger partial charge >= 0.3 is 0 Å². The van der Waals surface area contributed by atoms with Crippen molar-refractivity contribution in [3.05, 3.63) is 47.0 Å². The Morgan fingerprint density at radius 1 is 1.21 bits per heavy atom. The standard InChI is InChI=1S/C15H22N4/c1-4-5-19-15(17-10-18-19)9-14(16)13-7-11(2)6-12(3)8-13/h6-8,10,14H,4-5,9,16H2,1-3H3. The Labute approximate surface area is 114 Å². The summed E-state index contributed by atoms with van der Waals surface area (Å²) in [5.74, 6) is 0.966. The molecule has 19 heavy (non-hydrogen) atoms. The van der Waals surface area contributed by atoms with E-state index in [2.05, 4.69) is 49.1 Å². The lowest BCUT2D eigenvalue weighted by Crippen LogP contribution is -2.17. The zero-order chi connectivity index (χ0) is 13.8. The van der Waals surface area contributed by atoms with Crippen molar-refractivity contribution in [2.24, 2.45) is 5.73 Å². The van der Waals surface area contributed by atoms with Gasteiger partial charge in [-0.15, -0.1) is 0 Å². The van der Waals surface area contributed by atoms with Crippen LogP contribution in [0.15, 0.2) is 24.5 Å². The highest BCUT2D eigenvalue weighted by Gasteiger charge is 2.12. The summed E-state index contributed by atoms with van der Waals surface area (Å²) in [6.07, 6.45) is 3.39. The molecule has 0 saturated carbocycles. The second-order valence-corrected chi connectivity index (χ2v) is 5.13. The highest BCUT2D eigenvalue weighted by Crippen LogP contribution is 2.18. The zero-order valence-electron chi connectivity index (χ0n) is 11.9. The second kappa shape index (κ2) is 5.97. The average molecular weight is 258 g/mol. The molecule has 1 aromatic heterocycles. The van der Waals surface area contributed by atoms with Crippen molar-refractivity contribution < 1.29 is 0 Å². The summed E-state index contributed by atoms with van der Waals surface area (Å²) in [7, 11) is 0. The van der Waals surface area contributed by atoms with E-state index >= 15 is 0 Å². The molecule has 1 unspecified atom stereocenters. The van der Waals surface area contributed by atoms with Crippen LogP contribution >= 0.6 is 0 Å². The van der Waals surface area contributed by atoms with E-state index in [1.54, 1.807) is 6.33 Å². The van der Waals surface area contributed by atoms with Crippen LogP contribution in [0.4, 0.5) is 0 Å². The normalized spacial score (nSPS) is 12.6. The van der Waals surface area contributed by atoms with Crippen LogP contribution in [-0.4, -0.2) is 14.8 Å². The van der Waals surface area contributed by atoms with E-state index in [9.17, 15) is 0 Å². The molecule has 0 aliphatic heterocycles. The lowest BCUT2D eigenvalue weighted by molar-refractivity contribution is 0.548. The third-order valence-electron chi connectivity index (χ3n) is 3.21. The maximum absolute atomic E-state index is 6.31. The van der Waals surface area contributed by atoms with Crippen LogP contribution in [-0.2, 0) is 13.0 Å². The molecule has 1 aromatic carbocycles. The Morgan fingerprint density at radius 3 is 2.53 bits per heavy atom. The number of rotatable bonds is 5. The molecule has 4 heteroatoms. The van der Waals surface area contributed by atoms with Crippen molar-refractivity contribution >= 4 is 0 Å². The number of hydrogen-bond acceptors (Lipinski definition) is 3. The molecule has 4 nitrogen and oxygen atoms in total. The van der Waals surface area contributed by atoms with Crippen molar-refractivity contribution in [2.45, 2.75) is 46.2 Å². The Morgan fingerprint density at radius 2 is 1.89 bits per heavy atom. The zero-order valence-corrected chi connectivity index (χ0v) is 11.9. The molecular weight excluding hydrogens is 236 g/mol. The molecule has 2 N–H and O–H groups in total. The Bertz CT molecular complexity index is 525. The van der Waals surface area contributed by atoms with Crippen LogP contribution in [0.5, 0.6) is 0 Å². The number of nitrogens with zero attached hydrogens (tertiary/aromatic N) is 3. The summed E-state index contributed by atoms with van der Waals surface area (Å²) in [5, 5.41) is 4.24. The predicted molar refractivity (Wildman–Crippen MR) is 76.9 cm³/mol. The van der Waals surface area contributed by atoms with Crippen molar-refractivity contribution in [1.82, 2.24) is 14.8 Å². The molecule has 2 rings (SSSR count). The quantitative estimate of drug-likeness (QED) is 0.896. The van der Waals surface area contributed by atoms with Gasteiger partial charge in [0, 0.05) is 19.0 Å². The van der Waals surface area contributed by atoms with Crippen LogP contribution in [0.3, 0.4) is 0 Å². The third-order valence-corrected chi connectivity index (χ3v) is 3.21. The van der Waals surface area contributed by atoms with Gasteiger partial charge in [-0.05, 0) is 25.8 Å². The van der Waals surface area contributed by atoms with E-state index < -0.39 is 0 Å². The molecule has 0 bridgehead atoms. The summed E-state index contributed by atoms with van der Waals surface area (Å²) in [6, 6.07) is 6.44. The first-order chi connectivity index (χ1) is 9.10. The minimum atomic E-state index is -0.0293. The summed E-state index contributed by atoms with van der Waals surface area (Å²) < 4.78 is 1.95. The van der Waals surface area contributed by atoms with E-state index in [4.69, 9.17) is 5.73 Å². The fourth-order valence-corrected chi connectivity index (χ4v) is 2.38. The summed E-state index contributed by atoms with van der Waals surface area (Å²) in [6.45, 7) is 7.23. The van der Waals surface area contributed by atoms with E-state index in [0.717, 1.165) is 25.2 Å². The minimum absolute atomic E-state index is 0.0293. The van der Waals surface area contributed by atoms with E-state index in [-0.39, 0.29) is 6.04 Å². The van der Waals surface area contributed by atoms with Crippen LogP contribution < -0.4 is 5.73 Å². The van der Waals surface area contributed by atoms with Gasteiger partial charge in [0.2, 0.25) is 0 Å². The van der Waals surface area contributed by atoms with Gasteiger partial charge in [0.1, 0.15) is 12.2 Å². The molecule has 0 aliphatic carbocycles. The van der Waals surface area contributed by atoms with Crippen molar-refractivity contribution in [2.75, 3.05) is 0 Å². The Balaban J connectivity index is 2.15. The molecule has 1 atom stereocenters. The smallest absolute Gasteiger partial charge is 0.138 e. The molecule has 2 aromatic rings. The van der Waals surface area contributed by atoms with Gasteiger partial charge < -0.3 is 5.73 Å². The summed E-state index contributed by atoms with van der Waals surface area (Å²) >= 11 is 0. The maximum Gasteiger partial charge on any atom is 0.138 e. The minimum Gasteiger partial charge on any atom is -0.324 e. The first-order valence-electron chi connectivity index (χ1n) is 6.80. The van der Waals surface area contributed by atoms with Gasteiger partial charge in [-0.2, -0.15) is 5.10 Å². The van der Waals surface area contributed by atoms with E-state index in [0.29, 0.717) is 0 Å². The van der Waals surface area contributed by atoms with Gasteiger partial charge in [-0.3, -0.25) is 4.68 Å². The largest absolute Gasteiger partial charge is 0.324 e. The lowest BCUT2D eigenvalue weighted by atomic mass is 9.99. The first-order valence-corrected chi connectivity index (χ1v) is 6.80. The molecule has 0 radical (unpaired) electrons. The monoisotopic (exact) mass is 258 g/mol. The number of nitrogens with two attached hydrogens (primary N) is 1. The van der Waals surface area contributed by atoms with Crippen LogP contribution in [0.2, 0.25) is 0 Å². The molecule has 0 saturated heterocycles. The number of aromatic nitrogens is 3. The Hall–Kier alpha value is -1.68. The molecule has 0 aliphatic rings. The van der Waals surface area contributed by atoms with Crippen LogP contribution in [0, 0.1) is 13.8 Å². The van der Waals surface area contributed by atoms with Gasteiger partial charge in [0.25, 0.3) is 0 Å². The van der Waals surface area contributed by atoms with Crippen molar-refractivity contribution in [3.8, 4) is 0 Å². The van der Waals surface area contributed by atoms with Gasteiger partial charge in [-0.25, -0.2) is 4.98 Å². The molecule has 1 heterocycles. The second-order valence-electron chi connectivity index (χ2n) is 5.13. The maximum atomic E-state index is 6.31. The first kappa shape index (κ1) is 13.7. The third kappa shape index (κ3) is 3.41. The summed E-state index contributed by atoms with van der Waals surface area (Å²) in [5.41, 5.74) is 9.98. The fourth-order valence-electron chi connectivity index (χ4n) is 2.38. The van der Waals surface area contributed by atoms with Crippen molar-refractivity contribution in [1.29, 1.82) is 0 Å². The number of hydrogen-bond donors (Lipinski definition) is 1. The SMILES string of the molecule is CCCn1ncnc1CC(N)c1cc(C)cc(C)c1.